The molecule has 0 aliphatic carbocycles. The van der Waals surface area contributed by atoms with Gasteiger partial charge in [0.1, 0.15) is 0 Å². The third-order valence-corrected chi connectivity index (χ3v) is 12.4. The monoisotopic (exact) mass is 724 g/mol. The number of hydrogen-bond donors (Lipinski definition) is 0. The van der Waals surface area contributed by atoms with Crippen LogP contribution in [-0.2, 0) is 9.84 Å². The molecule has 0 saturated heterocycles. The number of hydrogen-bond acceptors (Lipinski definition) is 4. The molecule has 0 saturated carbocycles. The van der Waals surface area contributed by atoms with E-state index in [0.29, 0.717) is 22.3 Å². The van der Waals surface area contributed by atoms with Crippen molar-refractivity contribution in [3.8, 4) is 78.4 Å². The van der Waals surface area contributed by atoms with Gasteiger partial charge in [-0.3, -0.25) is 0 Å². The molecule has 260 valence electrons. The summed E-state index contributed by atoms with van der Waals surface area (Å²) in [6.45, 7) is 0. The van der Waals surface area contributed by atoms with Gasteiger partial charge in [-0.2, -0.15) is 0 Å². The van der Waals surface area contributed by atoms with Crippen molar-refractivity contribution in [3.63, 3.8) is 0 Å². The van der Waals surface area contributed by atoms with Gasteiger partial charge in [0.2, 0.25) is 9.84 Å². The van der Waals surface area contributed by atoms with Crippen LogP contribution in [-0.4, -0.2) is 18.4 Å². The summed E-state index contributed by atoms with van der Waals surface area (Å²) in [6.07, 6.45) is 0. The van der Waals surface area contributed by atoms with Crippen molar-refractivity contribution >= 4 is 20.6 Å². The molecule has 5 heteroatoms. The molecule has 9 aromatic rings. The summed E-state index contributed by atoms with van der Waals surface area (Å²) in [5.74, 6) is 0.548. The summed E-state index contributed by atoms with van der Waals surface area (Å²) < 4.78 is 31.0. The van der Waals surface area contributed by atoms with E-state index in [4.69, 9.17) is 9.97 Å². The van der Waals surface area contributed by atoms with Crippen LogP contribution in [0.25, 0.3) is 89.2 Å². The fraction of sp³-hybridized carbons (Fsp3) is 0. The highest BCUT2D eigenvalue weighted by atomic mass is 32.2. The molecular formula is C50H32N2O2S. The molecule has 4 nitrogen and oxygen atoms in total. The molecule has 0 unspecified atom stereocenters. The lowest BCUT2D eigenvalue weighted by atomic mass is 9.85. The van der Waals surface area contributed by atoms with E-state index in [1.807, 2.05) is 127 Å². The van der Waals surface area contributed by atoms with Crippen LogP contribution in [0.5, 0.6) is 0 Å². The molecule has 10 rings (SSSR count). The Morgan fingerprint density at radius 2 is 0.818 bits per heavy atom. The van der Waals surface area contributed by atoms with Crippen LogP contribution in [0.1, 0.15) is 0 Å². The van der Waals surface area contributed by atoms with Crippen LogP contribution >= 0.6 is 0 Å². The highest BCUT2D eigenvalue weighted by Gasteiger charge is 2.31. The fourth-order valence-corrected chi connectivity index (χ4v) is 9.80. The van der Waals surface area contributed by atoms with Gasteiger partial charge >= 0.3 is 0 Å². The number of aromatic nitrogens is 2. The van der Waals surface area contributed by atoms with Crippen LogP contribution < -0.4 is 0 Å². The predicted molar refractivity (Wildman–Crippen MR) is 223 cm³/mol. The molecule has 2 heterocycles. The maximum Gasteiger partial charge on any atom is 0.208 e. The Balaban J connectivity index is 1.33. The second kappa shape index (κ2) is 13.2. The van der Waals surface area contributed by atoms with Crippen molar-refractivity contribution in [2.45, 2.75) is 9.79 Å². The number of rotatable bonds is 3. The molecular weight excluding hydrogens is 693 g/mol. The van der Waals surface area contributed by atoms with Gasteiger partial charge in [0.05, 0.1) is 21.2 Å². The zero-order chi connectivity index (χ0) is 36.9. The highest BCUT2D eigenvalue weighted by Crippen LogP contribution is 2.48. The quantitative estimate of drug-likeness (QED) is 0.182. The van der Waals surface area contributed by atoms with Crippen molar-refractivity contribution < 1.29 is 8.42 Å². The number of benzene rings is 8. The lowest BCUT2D eigenvalue weighted by Crippen LogP contribution is -2.07. The molecule has 0 atom stereocenters. The molecule has 8 aromatic carbocycles. The van der Waals surface area contributed by atoms with E-state index >= 15 is 8.42 Å². The Hall–Kier alpha value is -6.95. The van der Waals surface area contributed by atoms with Gasteiger partial charge in [0.25, 0.3) is 0 Å². The topological polar surface area (TPSA) is 59.9 Å². The average molecular weight is 725 g/mol. The Kier molecular flexibility index (Phi) is 7.82. The summed E-state index contributed by atoms with van der Waals surface area (Å²) in [5.41, 5.74) is 11.1. The van der Waals surface area contributed by atoms with E-state index in [1.165, 1.54) is 0 Å². The Morgan fingerprint density at radius 1 is 0.345 bits per heavy atom. The third kappa shape index (κ3) is 5.56. The van der Waals surface area contributed by atoms with Crippen molar-refractivity contribution in [2.75, 3.05) is 0 Å². The third-order valence-electron chi connectivity index (χ3n) is 10.5. The van der Waals surface area contributed by atoms with Crippen molar-refractivity contribution in [1.29, 1.82) is 0 Å². The van der Waals surface area contributed by atoms with E-state index in [-0.39, 0.29) is 9.79 Å². The van der Waals surface area contributed by atoms with E-state index in [9.17, 15) is 0 Å². The SMILES string of the molecule is O=S1(=O)c2ccccc2-c2ccccc2-c2ccccc2-c2ccc(-c3nc(-c4ccccc4)cc(-c4ccccc4)n3)cc2-c2ccc3ccccc3c21. The highest BCUT2D eigenvalue weighted by molar-refractivity contribution is 7.92. The molecule has 0 bridgehead atoms. The van der Waals surface area contributed by atoms with Crippen LogP contribution in [0.15, 0.2) is 204 Å². The second-order valence-electron chi connectivity index (χ2n) is 13.7. The maximum atomic E-state index is 15.5. The summed E-state index contributed by atoms with van der Waals surface area (Å²) in [6, 6.07) is 64.0. The summed E-state index contributed by atoms with van der Waals surface area (Å²) in [4.78, 5) is 10.8. The van der Waals surface area contributed by atoms with Crippen molar-refractivity contribution in [3.05, 3.63) is 194 Å². The van der Waals surface area contributed by atoms with Gasteiger partial charge in [-0.25, -0.2) is 18.4 Å². The lowest BCUT2D eigenvalue weighted by molar-refractivity contribution is 0.597. The first-order valence-corrected chi connectivity index (χ1v) is 19.7. The van der Waals surface area contributed by atoms with Gasteiger partial charge in [-0.15, -0.1) is 0 Å². The van der Waals surface area contributed by atoms with E-state index < -0.39 is 9.84 Å². The number of sulfone groups is 1. The smallest absolute Gasteiger partial charge is 0.208 e. The largest absolute Gasteiger partial charge is 0.228 e. The lowest BCUT2D eigenvalue weighted by Gasteiger charge is -2.19. The Bertz CT molecular complexity index is 2990. The zero-order valence-electron chi connectivity index (χ0n) is 29.6. The van der Waals surface area contributed by atoms with Crippen LogP contribution in [0.4, 0.5) is 0 Å². The van der Waals surface area contributed by atoms with Gasteiger partial charge < -0.3 is 0 Å². The van der Waals surface area contributed by atoms with Gasteiger partial charge in [-0.1, -0.05) is 176 Å². The minimum atomic E-state index is -4.11. The van der Waals surface area contributed by atoms with Crippen LogP contribution in [0, 0.1) is 0 Å². The van der Waals surface area contributed by atoms with Gasteiger partial charge in [-0.05, 0) is 57.0 Å². The van der Waals surface area contributed by atoms with E-state index in [0.717, 1.165) is 66.8 Å². The normalized spacial score (nSPS) is 12.7. The van der Waals surface area contributed by atoms with Crippen LogP contribution in [0.3, 0.4) is 0 Å². The summed E-state index contributed by atoms with van der Waals surface area (Å²) >= 11 is 0. The first-order chi connectivity index (χ1) is 27.0. The summed E-state index contributed by atoms with van der Waals surface area (Å²) in [5, 5.41) is 1.52. The predicted octanol–water partition coefficient (Wildman–Crippen LogP) is 12.4. The molecule has 55 heavy (non-hydrogen) atoms. The molecule has 0 amide bonds. The molecule has 0 N–H and O–H groups in total. The molecule has 0 radical (unpaired) electrons. The minimum absolute atomic E-state index is 0.267. The molecule has 0 spiro atoms. The van der Waals surface area contributed by atoms with E-state index in [1.54, 1.807) is 6.07 Å². The molecule has 0 fully saturated rings. The molecule has 1 aromatic heterocycles. The fourth-order valence-electron chi connectivity index (χ4n) is 7.91. The van der Waals surface area contributed by atoms with Gasteiger partial charge in [0.15, 0.2) is 5.82 Å². The van der Waals surface area contributed by atoms with Crippen molar-refractivity contribution in [1.82, 2.24) is 9.97 Å². The van der Waals surface area contributed by atoms with E-state index in [2.05, 4.69) is 60.7 Å². The zero-order valence-corrected chi connectivity index (χ0v) is 30.4. The van der Waals surface area contributed by atoms with Gasteiger partial charge in [0, 0.05) is 33.2 Å². The Morgan fingerprint density at radius 3 is 1.44 bits per heavy atom. The number of fused-ring (bicyclic) bond motifs is 11. The number of nitrogens with zero attached hydrogens (tertiary/aromatic N) is 2. The average Bonchev–Trinajstić information content (AvgIpc) is 3.26. The second-order valence-corrected chi connectivity index (χ2v) is 15.6. The molecule has 1 aliphatic rings. The maximum absolute atomic E-state index is 15.5. The Labute approximate surface area is 320 Å². The van der Waals surface area contributed by atoms with Crippen molar-refractivity contribution in [2.24, 2.45) is 0 Å². The summed E-state index contributed by atoms with van der Waals surface area (Å²) in [7, 11) is -4.11. The first-order valence-electron chi connectivity index (χ1n) is 18.2. The molecule has 1 aliphatic heterocycles. The van der Waals surface area contributed by atoms with Crippen LogP contribution in [0.2, 0.25) is 0 Å². The standard InChI is InChI=1S/C50H32N2O2S/c53-55(54)48-26-14-13-25-43(48)41-24-12-11-22-39(41)38-21-9-10-23-40(38)42-29-28-36(31-45(42)44-30-27-33-15-7-8-20-37(33)49(44)55)50-51-46(34-16-3-1-4-17-34)32-47(52-50)35-18-5-2-6-19-35/h1-32H. The minimum Gasteiger partial charge on any atom is -0.228 e. The first kappa shape index (κ1) is 32.7.